The normalized spacial score (nSPS) is 16.7. The summed E-state index contributed by atoms with van der Waals surface area (Å²) in [5.74, 6) is 0.464. The fraction of sp³-hybridized carbons (Fsp3) is 0.481. The number of carbonyl (C=O) groups is 1. The topological polar surface area (TPSA) is 61.3 Å². The molecule has 1 unspecified atom stereocenters. The Balaban J connectivity index is 0.00000149. The van der Waals surface area contributed by atoms with Gasteiger partial charge in [0.25, 0.3) is 11.5 Å². The van der Waals surface area contributed by atoms with Crippen molar-refractivity contribution in [2.24, 2.45) is 13.0 Å². The Morgan fingerprint density at radius 1 is 1.15 bits per heavy atom. The lowest BCUT2D eigenvalue weighted by molar-refractivity contribution is 0.0768. The number of hydrogen-bond donors (Lipinski definition) is 1. The summed E-state index contributed by atoms with van der Waals surface area (Å²) in [6, 6.07) is 10.4. The quantitative estimate of drug-likeness (QED) is 0.619. The molecule has 33 heavy (non-hydrogen) atoms. The van der Waals surface area contributed by atoms with Gasteiger partial charge in [-0.3, -0.25) is 14.5 Å². The number of nitrogens with zero attached hydrogens (tertiary/aromatic N) is 3. The maximum absolute atomic E-state index is 13.2. The summed E-state index contributed by atoms with van der Waals surface area (Å²) in [7, 11) is 3.57. The Morgan fingerprint density at radius 2 is 1.91 bits per heavy atom. The third-order valence-electron chi connectivity index (χ3n) is 6.60. The van der Waals surface area contributed by atoms with Crippen LogP contribution in [-0.4, -0.2) is 51.9 Å². The smallest absolute Gasteiger partial charge is 0.274 e. The highest BCUT2D eigenvalue weighted by Crippen LogP contribution is 2.22. The number of fused-ring (bicyclic) bond motifs is 1. The Labute approximate surface area is 197 Å². The lowest BCUT2D eigenvalue weighted by atomic mass is 10.00. The van der Waals surface area contributed by atoms with E-state index in [1.807, 2.05) is 31.9 Å². The fourth-order valence-corrected chi connectivity index (χ4v) is 4.71. The molecule has 2 aromatic heterocycles. The summed E-state index contributed by atoms with van der Waals surface area (Å²) in [5.41, 5.74) is 3.70. The zero-order valence-electron chi connectivity index (χ0n) is 20.7. The highest BCUT2D eigenvalue weighted by Gasteiger charge is 2.23. The number of carbonyl (C=O) groups excluding carboxylic acids is 1. The van der Waals surface area contributed by atoms with Crippen molar-refractivity contribution in [1.29, 1.82) is 0 Å². The Morgan fingerprint density at radius 3 is 2.67 bits per heavy atom. The molecule has 3 heterocycles. The van der Waals surface area contributed by atoms with E-state index in [1.54, 1.807) is 19.4 Å². The predicted molar refractivity (Wildman–Crippen MR) is 136 cm³/mol. The van der Waals surface area contributed by atoms with Crippen LogP contribution >= 0.6 is 0 Å². The number of aromatic amines is 1. The summed E-state index contributed by atoms with van der Waals surface area (Å²) in [5, 5.41) is 0.699. The molecule has 0 saturated carbocycles. The van der Waals surface area contributed by atoms with Gasteiger partial charge in [-0.25, -0.2) is 0 Å². The SMILES string of the molecule is CC.Cc1ccccc1CN1CCCC(CN(C)C(=O)c2cn(C)c(=O)c3[nH]ccc23)CC1. The monoisotopic (exact) mass is 450 g/mol. The second-order valence-corrected chi connectivity index (χ2v) is 8.91. The molecule has 0 radical (unpaired) electrons. The number of nitrogens with one attached hydrogen (secondary N) is 1. The first-order valence-corrected chi connectivity index (χ1v) is 12.1. The Kier molecular flexibility index (Phi) is 8.50. The van der Waals surface area contributed by atoms with E-state index in [9.17, 15) is 9.59 Å². The summed E-state index contributed by atoms with van der Waals surface area (Å²) in [6.07, 6.45) is 6.76. The van der Waals surface area contributed by atoms with Gasteiger partial charge in [-0.15, -0.1) is 0 Å². The molecule has 1 aliphatic heterocycles. The molecule has 6 heteroatoms. The third kappa shape index (κ3) is 5.74. The number of H-pyrrole nitrogens is 1. The van der Waals surface area contributed by atoms with Crippen LogP contribution in [0.3, 0.4) is 0 Å². The largest absolute Gasteiger partial charge is 0.357 e. The first-order chi connectivity index (χ1) is 15.9. The number of hydrogen-bond acceptors (Lipinski definition) is 3. The summed E-state index contributed by atoms with van der Waals surface area (Å²) < 4.78 is 1.48. The first kappa shape index (κ1) is 24.8. The molecular formula is C27H38N4O2. The molecule has 0 aliphatic carbocycles. The molecule has 1 saturated heterocycles. The van der Waals surface area contributed by atoms with Gasteiger partial charge in [-0.1, -0.05) is 38.1 Å². The first-order valence-electron chi connectivity index (χ1n) is 12.1. The van der Waals surface area contributed by atoms with Crippen molar-refractivity contribution in [2.75, 3.05) is 26.7 Å². The molecule has 3 aromatic rings. The second kappa shape index (κ2) is 11.3. The average Bonchev–Trinajstić information content (AvgIpc) is 3.21. The number of likely N-dealkylation sites (tertiary alicyclic amines) is 1. The van der Waals surface area contributed by atoms with Gasteiger partial charge < -0.3 is 14.5 Å². The van der Waals surface area contributed by atoms with Crippen LogP contribution in [0.5, 0.6) is 0 Å². The van der Waals surface area contributed by atoms with E-state index in [1.165, 1.54) is 15.7 Å². The van der Waals surface area contributed by atoms with Crippen molar-refractivity contribution in [2.45, 2.75) is 46.6 Å². The average molecular weight is 451 g/mol. The molecule has 1 aliphatic rings. The molecular weight excluding hydrogens is 412 g/mol. The van der Waals surface area contributed by atoms with Crippen molar-refractivity contribution in [3.8, 4) is 0 Å². The van der Waals surface area contributed by atoms with Crippen LogP contribution in [0.2, 0.25) is 0 Å². The van der Waals surface area contributed by atoms with E-state index < -0.39 is 0 Å². The number of rotatable bonds is 5. The van der Waals surface area contributed by atoms with Gasteiger partial charge in [0.05, 0.1) is 5.56 Å². The van der Waals surface area contributed by atoms with E-state index in [-0.39, 0.29) is 11.5 Å². The maximum atomic E-state index is 13.2. The summed E-state index contributed by atoms with van der Waals surface area (Å²) in [4.78, 5) is 32.8. The molecule has 1 aromatic carbocycles. The predicted octanol–water partition coefficient (Wildman–Crippen LogP) is 4.58. The molecule has 178 valence electrons. The van der Waals surface area contributed by atoms with E-state index >= 15 is 0 Å². The van der Waals surface area contributed by atoms with E-state index in [0.29, 0.717) is 22.4 Å². The molecule has 1 amide bonds. The lowest BCUT2D eigenvalue weighted by Gasteiger charge is -2.24. The van der Waals surface area contributed by atoms with Crippen molar-refractivity contribution < 1.29 is 4.79 Å². The van der Waals surface area contributed by atoms with Crippen molar-refractivity contribution in [3.05, 3.63) is 69.8 Å². The van der Waals surface area contributed by atoms with Gasteiger partial charge in [0.15, 0.2) is 0 Å². The van der Waals surface area contributed by atoms with E-state index in [4.69, 9.17) is 0 Å². The van der Waals surface area contributed by atoms with Crippen LogP contribution in [-0.2, 0) is 13.6 Å². The van der Waals surface area contributed by atoms with Crippen LogP contribution in [0.15, 0.2) is 47.5 Å². The molecule has 1 fully saturated rings. The molecule has 0 bridgehead atoms. The van der Waals surface area contributed by atoms with Crippen molar-refractivity contribution in [3.63, 3.8) is 0 Å². The standard InChI is InChI=1S/C25H32N4O2.C2H6/c1-18-7-4-5-9-20(18)16-29-13-6-8-19(11-14-29)15-27(2)24(30)22-17-28(3)25(31)23-21(22)10-12-26-23;1-2/h4-5,7,9-10,12,17,19,26H,6,8,11,13-16H2,1-3H3;1-2H3. The van der Waals surface area contributed by atoms with Crippen LogP contribution < -0.4 is 5.56 Å². The van der Waals surface area contributed by atoms with Gasteiger partial charge in [0, 0.05) is 45.0 Å². The zero-order valence-corrected chi connectivity index (χ0v) is 20.7. The van der Waals surface area contributed by atoms with Gasteiger partial charge in [0.1, 0.15) is 5.52 Å². The highest BCUT2D eigenvalue weighted by molar-refractivity contribution is 6.05. The number of amides is 1. The fourth-order valence-electron chi connectivity index (χ4n) is 4.71. The van der Waals surface area contributed by atoms with Crippen LogP contribution in [0.4, 0.5) is 0 Å². The van der Waals surface area contributed by atoms with E-state index in [0.717, 1.165) is 45.4 Å². The highest BCUT2D eigenvalue weighted by atomic mass is 16.2. The Hall–Kier alpha value is -2.86. The minimum Gasteiger partial charge on any atom is -0.357 e. The van der Waals surface area contributed by atoms with Crippen LogP contribution in [0, 0.1) is 12.8 Å². The number of pyridine rings is 1. The van der Waals surface area contributed by atoms with E-state index in [2.05, 4.69) is 41.1 Å². The Bertz CT molecular complexity index is 1130. The molecule has 1 atom stereocenters. The number of benzene rings is 1. The minimum absolute atomic E-state index is 0.0267. The zero-order chi connectivity index (χ0) is 24.0. The van der Waals surface area contributed by atoms with Gasteiger partial charge in [-0.05, 0) is 62.4 Å². The van der Waals surface area contributed by atoms with Gasteiger partial charge in [-0.2, -0.15) is 0 Å². The molecule has 4 rings (SSSR count). The molecule has 6 nitrogen and oxygen atoms in total. The number of aromatic nitrogens is 2. The van der Waals surface area contributed by atoms with Gasteiger partial charge in [0.2, 0.25) is 0 Å². The summed E-state index contributed by atoms with van der Waals surface area (Å²) in [6.45, 7) is 10.1. The third-order valence-corrected chi connectivity index (χ3v) is 6.60. The van der Waals surface area contributed by atoms with Crippen molar-refractivity contribution >= 4 is 16.8 Å². The minimum atomic E-state index is -0.114. The van der Waals surface area contributed by atoms with Crippen molar-refractivity contribution in [1.82, 2.24) is 19.4 Å². The van der Waals surface area contributed by atoms with Crippen LogP contribution in [0.25, 0.3) is 10.9 Å². The van der Waals surface area contributed by atoms with Gasteiger partial charge >= 0.3 is 0 Å². The lowest BCUT2D eigenvalue weighted by Crippen LogP contribution is -2.33. The number of aryl methyl sites for hydroxylation is 2. The maximum Gasteiger partial charge on any atom is 0.274 e. The summed E-state index contributed by atoms with van der Waals surface area (Å²) >= 11 is 0. The molecule has 0 spiro atoms. The molecule has 1 N–H and O–H groups in total. The van der Waals surface area contributed by atoms with Crippen LogP contribution in [0.1, 0.15) is 54.6 Å². The second-order valence-electron chi connectivity index (χ2n) is 8.91.